The molecule has 7 nitrogen and oxygen atoms in total. The van der Waals surface area contributed by atoms with Crippen LogP contribution in [0.4, 0.5) is 0 Å². The van der Waals surface area contributed by atoms with Gasteiger partial charge in [0.25, 0.3) is 0 Å². The molecule has 1 N–H and O–H groups in total. The number of ether oxygens (including phenoxy) is 3. The van der Waals surface area contributed by atoms with Crippen LogP contribution < -0.4 is 0 Å². The lowest BCUT2D eigenvalue weighted by Gasteiger charge is -2.30. The van der Waals surface area contributed by atoms with Crippen LogP contribution in [0.25, 0.3) is 0 Å². The van der Waals surface area contributed by atoms with Gasteiger partial charge in [0.15, 0.2) is 5.78 Å². The van der Waals surface area contributed by atoms with E-state index in [1.807, 2.05) is 20.8 Å². The second-order valence-corrected chi connectivity index (χ2v) is 7.71. The third-order valence-electron chi connectivity index (χ3n) is 3.57. The summed E-state index contributed by atoms with van der Waals surface area (Å²) < 4.78 is 22.3. The molecule has 1 unspecified atom stereocenters. The van der Waals surface area contributed by atoms with E-state index in [1.54, 1.807) is 39.1 Å². The summed E-state index contributed by atoms with van der Waals surface area (Å²) in [6.45, 7) is 12.4. The number of aliphatic hydroxyl groups is 1. The first-order chi connectivity index (χ1) is 12.5. The number of hydrogen-bond donors (Lipinski definition) is 1. The van der Waals surface area contributed by atoms with E-state index >= 15 is 0 Å². The quantitative estimate of drug-likeness (QED) is 0.441. The van der Waals surface area contributed by atoms with Gasteiger partial charge in [-0.05, 0) is 53.7 Å². The SMILES string of the molecule is CC(OC(C)(C)C)C(=O)C(C)(C)OCc1ccc(C=NCCOCCO)o1. The summed E-state index contributed by atoms with van der Waals surface area (Å²) >= 11 is 0. The monoisotopic (exact) mass is 383 g/mol. The predicted octanol–water partition coefficient (Wildman–Crippen LogP) is 2.78. The van der Waals surface area contributed by atoms with Crippen molar-refractivity contribution >= 4 is 12.0 Å². The van der Waals surface area contributed by atoms with E-state index in [2.05, 4.69) is 4.99 Å². The number of furan rings is 1. The van der Waals surface area contributed by atoms with Gasteiger partial charge in [-0.25, -0.2) is 0 Å². The van der Waals surface area contributed by atoms with Gasteiger partial charge in [-0.1, -0.05) is 0 Å². The molecule has 1 aromatic rings. The Morgan fingerprint density at radius 1 is 1.26 bits per heavy atom. The molecule has 0 aliphatic carbocycles. The van der Waals surface area contributed by atoms with Crippen molar-refractivity contribution in [2.45, 2.75) is 65.5 Å². The Labute approximate surface area is 161 Å². The fourth-order valence-electron chi connectivity index (χ4n) is 2.38. The lowest BCUT2D eigenvalue weighted by atomic mass is 9.98. The molecule has 0 bridgehead atoms. The van der Waals surface area contributed by atoms with E-state index in [9.17, 15) is 4.79 Å². The predicted molar refractivity (Wildman–Crippen MR) is 103 cm³/mol. The molecule has 154 valence electrons. The molecule has 1 heterocycles. The van der Waals surface area contributed by atoms with Crippen molar-refractivity contribution in [3.8, 4) is 0 Å². The summed E-state index contributed by atoms with van der Waals surface area (Å²) in [5, 5.41) is 8.61. The summed E-state index contributed by atoms with van der Waals surface area (Å²) in [7, 11) is 0. The number of ketones is 1. The highest BCUT2D eigenvalue weighted by atomic mass is 16.5. The van der Waals surface area contributed by atoms with Crippen LogP contribution in [0.5, 0.6) is 0 Å². The molecule has 0 saturated carbocycles. The Kier molecular flexibility index (Phi) is 9.32. The Balaban J connectivity index is 2.49. The minimum Gasteiger partial charge on any atom is -0.458 e. The fourth-order valence-corrected chi connectivity index (χ4v) is 2.38. The van der Waals surface area contributed by atoms with Gasteiger partial charge in [0.2, 0.25) is 0 Å². The zero-order valence-electron chi connectivity index (χ0n) is 17.3. The molecule has 0 aromatic carbocycles. The van der Waals surface area contributed by atoms with Crippen LogP contribution in [-0.4, -0.2) is 60.8 Å². The molecule has 1 rings (SSSR count). The average molecular weight is 383 g/mol. The van der Waals surface area contributed by atoms with Crippen molar-refractivity contribution in [2.24, 2.45) is 4.99 Å². The second-order valence-electron chi connectivity index (χ2n) is 7.71. The molecule has 0 radical (unpaired) electrons. The average Bonchev–Trinajstić information content (AvgIpc) is 3.02. The first kappa shape index (κ1) is 23.5. The number of nitrogens with zero attached hydrogens (tertiary/aromatic N) is 1. The topological polar surface area (TPSA) is 90.5 Å². The Morgan fingerprint density at radius 2 is 1.96 bits per heavy atom. The van der Waals surface area contributed by atoms with Crippen LogP contribution in [0.1, 0.15) is 53.1 Å². The van der Waals surface area contributed by atoms with Crippen LogP contribution in [0.3, 0.4) is 0 Å². The van der Waals surface area contributed by atoms with Crippen LogP contribution >= 0.6 is 0 Å². The highest BCUT2D eigenvalue weighted by Gasteiger charge is 2.35. The van der Waals surface area contributed by atoms with Crippen molar-refractivity contribution < 1.29 is 28.5 Å². The van der Waals surface area contributed by atoms with Crippen molar-refractivity contribution in [3.05, 3.63) is 23.7 Å². The molecule has 7 heteroatoms. The van der Waals surface area contributed by atoms with E-state index in [1.165, 1.54) is 0 Å². The van der Waals surface area contributed by atoms with Gasteiger partial charge in [0.05, 0.1) is 38.2 Å². The smallest absolute Gasteiger partial charge is 0.192 e. The lowest BCUT2D eigenvalue weighted by Crippen LogP contribution is -2.44. The molecule has 0 spiro atoms. The van der Waals surface area contributed by atoms with Gasteiger partial charge in [-0.3, -0.25) is 9.79 Å². The zero-order valence-corrected chi connectivity index (χ0v) is 17.3. The maximum absolute atomic E-state index is 12.6. The molecule has 0 aliphatic heterocycles. The van der Waals surface area contributed by atoms with Gasteiger partial charge in [0, 0.05) is 0 Å². The zero-order chi connectivity index (χ0) is 20.5. The maximum atomic E-state index is 12.6. The minimum absolute atomic E-state index is 0.00518. The van der Waals surface area contributed by atoms with Crippen molar-refractivity contribution in [1.82, 2.24) is 0 Å². The Morgan fingerprint density at radius 3 is 2.59 bits per heavy atom. The molecular weight excluding hydrogens is 350 g/mol. The van der Waals surface area contributed by atoms with Crippen molar-refractivity contribution in [3.63, 3.8) is 0 Å². The molecule has 0 fully saturated rings. The highest BCUT2D eigenvalue weighted by molar-refractivity contribution is 5.90. The molecule has 1 aromatic heterocycles. The van der Waals surface area contributed by atoms with Crippen molar-refractivity contribution in [1.29, 1.82) is 0 Å². The van der Waals surface area contributed by atoms with E-state index in [4.69, 9.17) is 23.7 Å². The second kappa shape index (κ2) is 10.7. The largest absolute Gasteiger partial charge is 0.458 e. The third-order valence-corrected chi connectivity index (χ3v) is 3.57. The van der Waals surface area contributed by atoms with Gasteiger partial charge in [0.1, 0.15) is 29.8 Å². The van der Waals surface area contributed by atoms with Gasteiger partial charge in [-0.15, -0.1) is 0 Å². The van der Waals surface area contributed by atoms with E-state index < -0.39 is 17.3 Å². The van der Waals surface area contributed by atoms with E-state index in [0.29, 0.717) is 31.3 Å². The summed E-state index contributed by atoms with van der Waals surface area (Å²) in [6, 6.07) is 3.58. The van der Waals surface area contributed by atoms with Crippen molar-refractivity contribution in [2.75, 3.05) is 26.4 Å². The number of aliphatic imine (C=N–C) groups is 1. The summed E-state index contributed by atoms with van der Waals surface area (Å²) in [5.41, 5.74) is -1.39. The number of aliphatic hydroxyl groups excluding tert-OH is 1. The molecule has 0 amide bonds. The van der Waals surface area contributed by atoms with Gasteiger partial charge in [-0.2, -0.15) is 0 Å². The Hall–Kier alpha value is -1.54. The third kappa shape index (κ3) is 9.28. The van der Waals surface area contributed by atoms with E-state index in [-0.39, 0.29) is 19.0 Å². The summed E-state index contributed by atoms with van der Waals surface area (Å²) in [4.78, 5) is 16.8. The number of rotatable bonds is 12. The lowest BCUT2D eigenvalue weighted by molar-refractivity contribution is -0.161. The first-order valence-electron chi connectivity index (χ1n) is 9.18. The van der Waals surface area contributed by atoms with Gasteiger partial charge >= 0.3 is 0 Å². The Bertz CT molecular complexity index is 600. The maximum Gasteiger partial charge on any atom is 0.192 e. The molecule has 27 heavy (non-hydrogen) atoms. The standard InChI is InChI=1S/C20H33NO6/c1-15(27-19(2,3)4)18(23)20(5,6)25-14-17-8-7-16(26-17)13-21-9-11-24-12-10-22/h7-8,13,15,22H,9-12,14H2,1-6H3. The molecule has 0 saturated heterocycles. The molecule has 0 aliphatic rings. The van der Waals surface area contributed by atoms with Crippen LogP contribution in [0, 0.1) is 0 Å². The summed E-state index contributed by atoms with van der Waals surface area (Å²) in [6.07, 6.45) is 1.05. The number of carbonyl (C=O) groups excluding carboxylic acids is 1. The highest BCUT2D eigenvalue weighted by Crippen LogP contribution is 2.21. The van der Waals surface area contributed by atoms with Gasteiger partial charge < -0.3 is 23.7 Å². The number of Topliss-reactive ketones (excluding diaryl/α,β-unsaturated/α-hetero) is 1. The van der Waals surface area contributed by atoms with Crippen LogP contribution in [0.2, 0.25) is 0 Å². The molecular formula is C20H33NO6. The normalized spacial score (nSPS) is 14.0. The fraction of sp³-hybridized carbons (Fsp3) is 0.700. The van der Waals surface area contributed by atoms with Crippen LogP contribution in [-0.2, 0) is 25.6 Å². The van der Waals surface area contributed by atoms with Crippen LogP contribution in [0.15, 0.2) is 21.5 Å². The molecule has 1 atom stereocenters. The van der Waals surface area contributed by atoms with E-state index in [0.717, 1.165) is 0 Å². The first-order valence-corrected chi connectivity index (χ1v) is 9.18. The number of hydrogen-bond acceptors (Lipinski definition) is 7. The summed E-state index contributed by atoms with van der Waals surface area (Å²) in [5.74, 6) is 1.09. The number of carbonyl (C=O) groups is 1. The minimum atomic E-state index is -0.990.